The summed E-state index contributed by atoms with van der Waals surface area (Å²) >= 11 is 0. The maximum atomic E-state index is 11.5. The van der Waals surface area contributed by atoms with Crippen LogP contribution in [0.25, 0.3) is 0 Å². The minimum Gasteiger partial charge on any atom is -0.479 e. The second-order valence-corrected chi connectivity index (χ2v) is 5.64. The fourth-order valence-electron chi connectivity index (χ4n) is 1.21. The molecule has 7 heteroatoms. The van der Waals surface area contributed by atoms with E-state index in [0.717, 1.165) is 0 Å². The van der Waals surface area contributed by atoms with Crippen LogP contribution in [0.5, 0.6) is 0 Å². The number of carboxylic acids is 1. The molecule has 0 aromatic carbocycles. The molecule has 0 unspecified atom stereocenters. The lowest BCUT2D eigenvalue weighted by Crippen LogP contribution is -2.36. The molecule has 0 atom stereocenters. The van der Waals surface area contributed by atoms with E-state index in [2.05, 4.69) is 10.4 Å². The molecule has 0 spiro atoms. The van der Waals surface area contributed by atoms with Crippen molar-refractivity contribution in [2.75, 3.05) is 5.32 Å². The number of aromatic nitrogens is 2. The molecule has 0 aliphatic heterocycles. The van der Waals surface area contributed by atoms with Gasteiger partial charge in [-0.15, -0.1) is 0 Å². The van der Waals surface area contributed by atoms with Gasteiger partial charge in [0.05, 0.1) is 0 Å². The molecule has 1 rings (SSSR count). The van der Waals surface area contributed by atoms with Crippen molar-refractivity contribution in [3.05, 3.63) is 12.3 Å². The lowest BCUT2D eigenvalue weighted by Gasteiger charge is -2.20. The molecular formula is C12H19N3O4. The molecule has 19 heavy (non-hydrogen) atoms. The standard InChI is InChI=1S/C12H19N3O4/c1-11(2,3)19-10(18)13-8-6-7-15(14-8)12(4,5)9(16)17/h6-7H,1-5H3,(H,16,17)(H,13,14,18). The average molecular weight is 269 g/mol. The van der Waals surface area contributed by atoms with Gasteiger partial charge in [0, 0.05) is 12.3 Å². The summed E-state index contributed by atoms with van der Waals surface area (Å²) in [7, 11) is 0. The Labute approximate surface area is 111 Å². The molecule has 0 aliphatic carbocycles. The van der Waals surface area contributed by atoms with Crippen molar-refractivity contribution >= 4 is 17.9 Å². The summed E-state index contributed by atoms with van der Waals surface area (Å²) in [6.07, 6.45) is 0.853. The maximum Gasteiger partial charge on any atom is 0.413 e. The zero-order valence-electron chi connectivity index (χ0n) is 11.7. The monoisotopic (exact) mass is 269 g/mol. The number of aliphatic carboxylic acids is 1. The SMILES string of the molecule is CC(C)(C)OC(=O)Nc1ccn(C(C)(C)C(=O)O)n1. The fraction of sp³-hybridized carbons (Fsp3) is 0.583. The van der Waals surface area contributed by atoms with E-state index >= 15 is 0 Å². The van der Waals surface area contributed by atoms with Crippen LogP contribution in [0.3, 0.4) is 0 Å². The van der Waals surface area contributed by atoms with E-state index in [1.165, 1.54) is 30.8 Å². The summed E-state index contributed by atoms with van der Waals surface area (Å²) in [6.45, 7) is 8.27. The Hall–Kier alpha value is -2.05. The Balaban J connectivity index is 2.76. The van der Waals surface area contributed by atoms with Crippen LogP contribution in [0.2, 0.25) is 0 Å². The Morgan fingerprint density at radius 1 is 1.32 bits per heavy atom. The van der Waals surface area contributed by atoms with Crippen molar-refractivity contribution in [3.63, 3.8) is 0 Å². The second kappa shape index (κ2) is 4.91. The van der Waals surface area contributed by atoms with Gasteiger partial charge in [0.15, 0.2) is 11.4 Å². The molecule has 7 nitrogen and oxygen atoms in total. The van der Waals surface area contributed by atoms with Crippen molar-refractivity contribution in [1.82, 2.24) is 9.78 Å². The van der Waals surface area contributed by atoms with Gasteiger partial charge in [0.2, 0.25) is 0 Å². The van der Waals surface area contributed by atoms with Crippen LogP contribution in [0.1, 0.15) is 34.6 Å². The van der Waals surface area contributed by atoms with Crippen LogP contribution in [-0.4, -0.2) is 32.6 Å². The molecular weight excluding hydrogens is 250 g/mol. The number of carbonyl (C=O) groups excluding carboxylic acids is 1. The van der Waals surface area contributed by atoms with E-state index in [1.807, 2.05) is 0 Å². The quantitative estimate of drug-likeness (QED) is 0.875. The molecule has 0 bridgehead atoms. The molecule has 2 N–H and O–H groups in total. The minimum atomic E-state index is -1.19. The average Bonchev–Trinajstić information content (AvgIpc) is 2.62. The first-order chi connectivity index (χ1) is 8.52. The van der Waals surface area contributed by atoms with Crippen molar-refractivity contribution in [2.45, 2.75) is 45.8 Å². The van der Waals surface area contributed by atoms with Crippen LogP contribution in [-0.2, 0) is 15.1 Å². The molecule has 106 valence electrons. The van der Waals surface area contributed by atoms with Gasteiger partial charge in [-0.1, -0.05) is 0 Å². The minimum absolute atomic E-state index is 0.239. The number of hydrogen-bond donors (Lipinski definition) is 2. The number of rotatable bonds is 3. The summed E-state index contributed by atoms with van der Waals surface area (Å²) in [4.78, 5) is 22.6. The van der Waals surface area contributed by atoms with E-state index in [4.69, 9.17) is 9.84 Å². The highest BCUT2D eigenvalue weighted by molar-refractivity contribution is 5.83. The number of nitrogens with one attached hydrogen (secondary N) is 1. The molecule has 1 heterocycles. The predicted molar refractivity (Wildman–Crippen MR) is 69.0 cm³/mol. The van der Waals surface area contributed by atoms with Crippen molar-refractivity contribution in [2.24, 2.45) is 0 Å². The molecule has 0 saturated carbocycles. The molecule has 0 fully saturated rings. The first kappa shape index (κ1) is 15.0. The molecule has 1 amide bonds. The zero-order valence-corrected chi connectivity index (χ0v) is 11.7. The Morgan fingerprint density at radius 3 is 2.37 bits per heavy atom. The summed E-state index contributed by atoms with van der Waals surface area (Å²) in [5.41, 5.74) is -1.79. The molecule has 1 aromatic heterocycles. The number of anilines is 1. The van der Waals surface area contributed by atoms with Crippen LogP contribution < -0.4 is 5.32 Å². The Bertz CT molecular complexity index is 485. The van der Waals surface area contributed by atoms with Crippen molar-refractivity contribution in [3.8, 4) is 0 Å². The largest absolute Gasteiger partial charge is 0.479 e. The van der Waals surface area contributed by atoms with Crippen LogP contribution in [0, 0.1) is 0 Å². The first-order valence-electron chi connectivity index (χ1n) is 5.82. The highest BCUT2D eigenvalue weighted by Gasteiger charge is 2.30. The van der Waals surface area contributed by atoms with Crippen LogP contribution in [0.4, 0.5) is 10.6 Å². The Kier molecular flexibility index (Phi) is 3.88. The third-order valence-corrected chi connectivity index (χ3v) is 2.31. The van der Waals surface area contributed by atoms with Gasteiger partial charge < -0.3 is 9.84 Å². The van der Waals surface area contributed by atoms with Crippen LogP contribution >= 0.6 is 0 Å². The summed E-state index contributed by atoms with van der Waals surface area (Å²) in [5, 5.41) is 15.5. The van der Waals surface area contributed by atoms with E-state index in [-0.39, 0.29) is 5.82 Å². The zero-order chi connectivity index (χ0) is 14.8. The summed E-state index contributed by atoms with van der Waals surface area (Å²) in [6, 6.07) is 1.51. The fourth-order valence-corrected chi connectivity index (χ4v) is 1.21. The lowest BCUT2D eigenvalue weighted by molar-refractivity contribution is -0.146. The Morgan fingerprint density at radius 2 is 1.89 bits per heavy atom. The van der Waals surface area contributed by atoms with Gasteiger partial charge >= 0.3 is 12.1 Å². The van der Waals surface area contributed by atoms with E-state index < -0.39 is 23.2 Å². The lowest BCUT2D eigenvalue weighted by atomic mass is 10.1. The second-order valence-electron chi connectivity index (χ2n) is 5.64. The van der Waals surface area contributed by atoms with Crippen molar-refractivity contribution < 1.29 is 19.4 Å². The number of carbonyl (C=O) groups is 2. The third-order valence-electron chi connectivity index (χ3n) is 2.31. The number of ether oxygens (including phenoxy) is 1. The summed E-state index contributed by atoms with van der Waals surface area (Å²) < 4.78 is 6.33. The topological polar surface area (TPSA) is 93.5 Å². The normalized spacial score (nSPS) is 12.1. The predicted octanol–water partition coefficient (Wildman–Crippen LogP) is 2.05. The van der Waals surface area contributed by atoms with E-state index in [0.29, 0.717) is 0 Å². The van der Waals surface area contributed by atoms with Gasteiger partial charge in [0.1, 0.15) is 5.60 Å². The first-order valence-corrected chi connectivity index (χ1v) is 5.82. The third kappa shape index (κ3) is 3.97. The van der Waals surface area contributed by atoms with Gasteiger partial charge in [-0.3, -0.25) is 10.00 Å². The van der Waals surface area contributed by atoms with Crippen LogP contribution in [0.15, 0.2) is 12.3 Å². The van der Waals surface area contributed by atoms with Gasteiger partial charge in [-0.05, 0) is 34.6 Å². The smallest absolute Gasteiger partial charge is 0.413 e. The molecule has 0 saturated heterocycles. The van der Waals surface area contributed by atoms with Crippen molar-refractivity contribution in [1.29, 1.82) is 0 Å². The number of carboxylic acid groups (broad SMARTS) is 1. The molecule has 1 aromatic rings. The molecule has 0 aliphatic rings. The van der Waals surface area contributed by atoms with E-state index in [9.17, 15) is 9.59 Å². The highest BCUT2D eigenvalue weighted by atomic mass is 16.6. The summed E-state index contributed by atoms with van der Waals surface area (Å²) in [5.74, 6) is -0.775. The highest BCUT2D eigenvalue weighted by Crippen LogP contribution is 2.17. The van der Waals surface area contributed by atoms with Gasteiger partial charge in [-0.2, -0.15) is 5.10 Å². The van der Waals surface area contributed by atoms with E-state index in [1.54, 1.807) is 20.8 Å². The maximum absolute atomic E-state index is 11.5. The van der Waals surface area contributed by atoms with Gasteiger partial charge in [-0.25, -0.2) is 9.59 Å². The molecule has 0 radical (unpaired) electrons. The number of nitrogens with zero attached hydrogens (tertiary/aromatic N) is 2. The van der Waals surface area contributed by atoms with Gasteiger partial charge in [0.25, 0.3) is 0 Å². The number of amides is 1. The number of hydrogen-bond acceptors (Lipinski definition) is 4.